The summed E-state index contributed by atoms with van der Waals surface area (Å²) in [7, 11) is 1.33. The number of anilines is 1. The fourth-order valence-electron chi connectivity index (χ4n) is 2.16. The highest BCUT2D eigenvalue weighted by Crippen LogP contribution is 2.18. The topological polar surface area (TPSA) is 80.3 Å². The number of nitrogens with zero attached hydrogens (tertiary/aromatic N) is 1. The van der Waals surface area contributed by atoms with Crippen LogP contribution in [0.3, 0.4) is 0 Å². The van der Waals surface area contributed by atoms with E-state index in [2.05, 4.69) is 15.6 Å². The molecule has 0 saturated heterocycles. The van der Waals surface area contributed by atoms with E-state index in [1.165, 1.54) is 7.11 Å². The first kappa shape index (κ1) is 16.5. The van der Waals surface area contributed by atoms with Crippen LogP contribution in [0, 0.1) is 6.92 Å². The van der Waals surface area contributed by atoms with Crippen LogP contribution in [0.2, 0.25) is 0 Å². The summed E-state index contributed by atoms with van der Waals surface area (Å²) >= 11 is 0. The number of ether oxygens (including phenoxy) is 1. The van der Waals surface area contributed by atoms with E-state index >= 15 is 0 Å². The molecule has 2 amide bonds. The summed E-state index contributed by atoms with van der Waals surface area (Å²) in [6.07, 6.45) is 1.58. The number of amides is 2. The Morgan fingerprint density at radius 3 is 2.70 bits per heavy atom. The molecule has 2 rings (SSSR count). The maximum Gasteiger partial charge on any atom is 0.320 e. The van der Waals surface area contributed by atoms with Crippen LogP contribution in [0.5, 0.6) is 0 Å². The number of esters is 1. The van der Waals surface area contributed by atoms with E-state index in [-0.39, 0.29) is 6.54 Å². The van der Waals surface area contributed by atoms with Crippen molar-refractivity contribution in [2.45, 2.75) is 12.8 Å². The van der Waals surface area contributed by atoms with Crippen molar-refractivity contribution >= 4 is 17.8 Å². The largest absolute Gasteiger partial charge is 0.468 e. The molecule has 2 aromatic rings. The van der Waals surface area contributed by atoms with Gasteiger partial charge in [0.25, 0.3) is 0 Å². The van der Waals surface area contributed by atoms with E-state index in [4.69, 9.17) is 4.74 Å². The van der Waals surface area contributed by atoms with Gasteiger partial charge >= 0.3 is 12.0 Å². The second-order valence-electron chi connectivity index (χ2n) is 5.04. The minimum Gasteiger partial charge on any atom is -0.468 e. The third kappa shape index (κ3) is 4.81. The molecule has 1 atom stereocenters. The molecule has 0 aliphatic carbocycles. The number of nitrogens with one attached hydrogen (secondary N) is 2. The zero-order valence-corrected chi connectivity index (χ0v) is 13.1. The van der Waals surface area contributed by atoms with Gasteiger partial charge in [-0.2, -0.15) is 0 Å². The van der Waals surface area contributed by atoms with Crippen molar-refractivity contribution in [3.05, 3.63) is 59.8 Å². The zero-order chi connectivity index (χ0) is 16.7. The van der Waals surface area contributed by atoms with Gasteiger partial charge in [0.2, 0.25) is 0 Å². The highest BCUT2D eigenvalue weighted by molar-refractivity contribution is 5.89. The smallest absolute Gasteiger partial charge is 0.320 e. The molecule has 0 spiro atoms. The van der Waals surface area contributed by atoms with Crippen molar-refractivity contribution in [3.63, 3.8) is 0 Å². The Morgan fingerprint density at radius 2 is 2.04 bits per heavy atom. The van der Waals surface area contributed by atoms with Gasteiger partial charge in [-0.15, -0.1) is 0 Å². The third-order valence-electron chi connectivity index (χ3n) is 3.30. The van der Waals surface area contributed by atoms with Gasteiger partial charge in [0, 0.05) is 12.7 Å². The second-order valence-corrected chi connectivity index (χ2v) is 5.04. The average Bonchev–Trinajstić information content (AvgIpc) is 2.55. The quantitative estimate of drug-likeness (QED) is 0.831. The molecule has 1 aromatic heterocycles. The Bertz CT molecular complexity index is 674. The van der Waals surface area contributed by atoms with Gasteiger partial charge in [0.1, 0.15) is 5.82 Å². The van der Waals surface area contributed by atoms with E-state index in [0.717, 1.165) is 11.1 Å². The zero-order valence-electron chi connectivity index (χ0n) is 13.1. The van der Waals surface area contributed by atoms with E-state index in [0.29, 0.717) is 5.82 Å². The fourth-order valence-corrected chi connectivity index (χ4v) is 2.16. The van der Waals surface area contributed by atoms with Crippen molar-refractivity contribution in [1.82, 2.24) is 10.3 Å². The number of aryl methyl sites for hydroxylation is 1. The Morgan fingerprint density at radius 1 is 1.22 bits per heavy atom. The van der Waals surface area contributed by atoms with Crippen LogP contribution >= 0.6 is 0 Å². The van der Waals surface area contributed by atoms with Crippen LogP contribution in [0.4, 0.5) is 10.6 Å². The number of hydrogen-bond donors (Lipinski definition) is 2. The Kier molecular flexibility index (Phi) is 5.68. The van der Waals surface area contributed by atoms with E-state index in [1.54, 1.807) is 24.4 Å². The first-order chi connectivity index (χ1) is 11.1. The Hall–Kier alpha value is -2.89. The first-order valence-corrected chi connectivity index (χ1v) is 7.20. The standard InChI is InChI=1S/C17H19N3O3/c1-12-6-5-7-13(10-12)14(16(21)23-2)11-19-17(22)20-15-8-3-4-9-18-15/h3-10,14H,11H2,1-2H3,(H2,18,19,20,22)/t14-/m1/s1. The van der Waals surface area contributed by atoms with Crippen LogP contribution in [0.1, 0.15) is 17.0 Å². The van der Waals surface area contributed by atoms with Crippen LogP contribution in [0.25, 0.3) is 0 Å². The number of benzene rings is 1. The van der Waals surface area contributed by atoms with E-state index < -0.39 is 17.9 Å². The molecule has 2 N–H and O–H groups in total. The Labute approximate surface area is 134 Å². The number of carbonyl (C=O) groups excluding carboxylic acids is 2. The van der Waals surface area contributed by atoms with Gasteiger partial charge in [-0.3, -0.25) is 10.1 Å². The molecule has 1 heterocycles. The second kappa shape index (κ2) is 7.93. The molecular weight excluding hydrogens is 294 g/mol. The fraction of sp³-hybridized carbons (Fsp3) is 0.235. The predicted molar refractivity (Wildman–Crippen MR) is 87.2 cm³/mol. The molecule has 0 aliphatic rings. The lowest BCUT2D eigenvalue weighted by Crippen LogP contribution is -2.35. The molecule has 0 aliphatic heterocycles. The van der Waals surface area contributed by atoms with Crippen molar-refractivity contribution in [2.24, 2.45) is 0 Å². The van der Waals surface area contributed by atoms with Gasteiger partial charge in [-0.05, 0) is 24.6 Å². The van der Waals surface area contributed by atoms with Crippen molar-refractivity contribution < 1.29 is 14.3 Å². The van der Waals surface area contributed by atoms with Crippen molar-refractivity contribution in [1.29, 1.82) is 0 Å². The molecule has 0 bridgehead atoms. The SMILES string of the molecule is COC(=O)[C@H](CNC(=O)Nc1ccccn1)c1cccc(C)c1. The third-order valence-corrected chi connectivity index (χ3v) is 3.30. The summed E-state index contributed by atoms with van der Waals surface area (Å²) in [6.45, 7) is 2.08. The monoisotopic (exact) mass is 313 g/mol. The highest BCUT2D eigenvalue weighted by atomic mass is 16.5. The summed E-state index contributed by atoms with van der Waals surface area (Å²) in [4.78, 5) is 27.9. The van der Waals surface area contributed by atoms with Gasteiger partial charge in [-0.25, -0.2) is 9.78 Å². The molecule has 0 saturated carbocycles. The Balaban J connectivity index is 2.01. The molecule has 6 heteroatoms. The van der Waals surface area contributed by atoms with Crippen LogP contribution in [-0.4, -0.2) is 30.6 Å². The maximum atomic E-state index is 12.0. The van der Waals surface area contributed by atoms with E-state index in [1.807, 2.05) is 31.2 Å². The molecule has 120 valence electrons. The summed E-state index contributed by atoms with van der Waals surface area (Å²) in [5.74, 6) is -0.515. The summed E-state index contributed by atoms with van der Waals surface area (Å²) in [5, 5.41) is 5.28. The summed E-state index contributed by atoms with van der Waals surface area (Å²) in [6, 6.07) is 12.3. The molecule has 0 fully saturated rings. The lowest BCUT2D eigenvalue weighted by Gasteiger charge is -2.16. The van der Waals surface area contributed by atoms with Crippen LogP contribution < -0.4 is 10.6 Å². The van der Waals surface area contributed by atoms with Crippen LogP contribution in [0.15, 0.2) is 48.7 Å². The van der Waals surface area contributed by atoms with E-state index in [9.17, 15) is 9.59 Å². The summed E-state index contributed by atoms with van der Waals surface area (Å²) < 4.78 is 4.83. The first-order valence-electron chi connectivity index (χ1n) is 7.20. The lowest BCUT2D eigenvalue weighted by atomic mass is 9.97. The number of rotatable bonds is 5. The van der Waals surface area contributed by atoms with Crippen molar-refractivity contribution in [3.8, 4) is 0 Å². The maximum absolute atomic E-state index is 12.0. The molecule has 0 unspecified atom stereocenters. The van der Waals surface area contributed by atoms with Crippen LogP contribution in [-0.2, 0) is 9.53 Å². The number of aromatic nitrogens is 1. The minimum atomic E-state index is -0.561. The van der Waals surface area contributed by atoms with Gasteiger partial charge in [0.15, 0.2) is 0 Å². The molecular formula is C17H19N3O3. The van der Waals surface area contributed by atoms with Gasteiger partial charge in [-0.1, -0.05) is 35.9 Å². The number of methoxy groups -OCH3 is 1. The van der Waals surface area contributed by atoms with Gasteiger partial charge in [0.05, 0.1) is 13.0 Å². The number of carbonyl (C=O) groups is 2. The minimum absolute atomic E-state index is 0.134. The average molecular weight is 313 g/mol. The van der Waals surface area contributed by atoms with Gasteiger partial charge < -0.3 is 10.1 Å². The molecule has 6 nitrogen and oxygen atoms in total. The number of pyridine rings is 1. The lowest BCUT2D eigenvalue weighted by molar-refractivity contribution is -0.142. The van der Waals surface area contributed by atoms with Crippen molar-refractivity contribution in [2.75, 3.05) is 19.0 Å². The summed E-state index contributed by atoms with van der Waals surface area (Å²) in [5.41, 5.74) is 1.84. The molecule has 0 radical (unpaired) electrons. The number of hydrogen-bond acceptors (Lipinski definition) is 4. The normalized spacial score (nSPS) is 11.4. The molecule has 23 heavy (non-hydrogen) atoms. The molecule has 1 aromatic carbocycles. The highest BCUT2D eigenvalue weighted by Gasteiger charge is 2.22. The predicted octanol–water partition coefficient (Wildman–Crippen LogP) is 2.47. The number of urea groups is 1.